The summed E-state index contributed by atoms with van der Waals surface area (Å²) in [4.78, 5) is 17.3. The third-order valence-corrected chi connectivity index (χ3v) is 4.76. The maximum atomic E-state index is 12.8. The number of aromatic nitrogens is 2. The predicted octanol–water partition coefficient (Wildman–Crippen LogP) is 5.09. The van der Waals surface area contributed by atoms with E-state index in [-0.39, 0.29) is 11.3 Å². The first-order valence-electron chi connectivity index (χ1n) is 9.20. The van der Waals surface area contributed by atoms with Gasteiger partial charge in [0.15, 0.2) is 0 Å². The molecule has 0 aliphatic rings. The highest BCUT2D eigenvalue weighted by Crippen LogP contribution is 2.29. The maximum Gasteiger partial charge on any atom is 0.573 e. The summed E-state index contributed by atoms with van der Waals surface area (Å²) in [5.41, 5.74) is 3.63. The number of nitrogens with zero attached hydrogens (tertiary/aromatic N) is 2. The van der Waals surface area contributed by atoms with Gasteiger partial charge in [0, 0.05) is 13.5 Å². The van der Waals surface area contributed by atoms with Crippen LogP contribution in [0, 0.1) is 0 Å². The summed E-state index contributed by atoms with van der Waals surface area (Å²) in [5, 5.41) is 0. The number of hydrogen-bond donors (Lipinski definition) is 0. The molecular formula is C23H17F3N2O2. The van der Waals surface area contributed by atoms with Crippen LogP contribution in [0.1, 0.15) is 11.3 Å². The summed E-state index contributed by atoms with van der Waals surface area (Å²) in [5.74, 6) is -0.301. The molecule has 0 fully saturated rings. The van der Waals surface area contributed by atoms with Crippen molar-refractivity contribution in [2.75, 3.05) is 0 Å². The van der Waals surface area contributed by atoms with Gasteiger partial charge in [-0.2, -0.15) is 0 Å². The molecule has 0 radical (unpaired) electrons. The van der Waals surface area contributed by atoms with E-state index in [4.69, 9.17) is 0 Å². The Labute approximate surface area is 170 Å². The third-order valence-electron chi connectivity index (χ3n) is 4.76. The molecule has 0 N–H and O–H groups in total. The standard InChI is InChI=1S/C23H17F3N2O2/c1-28-21-14-17(16-8-5-9-18(13-16)30-23(24,25)26)10-11-19(21)27-20(22(28)29)12-15-6-3-2-4-7-15/h2-11,13-14H,12H2,1H3. The molecule has 0 saturated heterocycles. The fourth-order valence-corrected chi connectivity index (χ4v) is 3.34. The molecule has 4 rings (SSSR count). The molecule has 0 aliphatic heterocycles. The monoisotopic (exact) mass is 410 g/mol. The lowest BCUT2D eigenvalue weighted by atomic mass is 10.0. The van der Waals surface area contributed by atoms with Crippen LogP contribution in [0.4, 0.5) is 13.2 Å². The van der Waals surface area contributed by atoms with Crippen LogP contribution in [-0.4, -0.2) is 15.9 Å². The molecule has 0 saturated carbocycles. The minimum absolute atomic E-state index is 0.211. The molecule has 0 atom stereocenters. The van der Waals surface area contributed by atoms with Gasteiger partial charge in [0.2, 0.25) is 0 Å². The Morgan fingerprint density at radius 1 is 0.933 bits per heavy atom. The molecular weight excluding hydrogens is 393 g/mol. The van der Waals surface area contributed by atoms with E-state index in [1.165, 1.54) is 22.8 Å². The largest absolute Gasteiger partial charge is 0.573 e. The van der Waals surface area contributed by atoms with Crippen LogP contribution >= 0.6 is 0 Å². The van der Waals surface area contributed by atoms with Crippen LogP contribution in [0.3, 0.4) is 0 Å². The van der Waals surface area contributed by atoms with Gasteiger partial charge < -0.3 is 9.30 Å². The van der Waals surface area contributed by atoms with Gasteiger partial charge in [0.05, 0.1) is 11.0 Å². The number of fused-ring (bicyclic) bond motifs is 1. The lowest BCUT2D eigenvalue weighted by Gasteiger charge is -2.12. The van der Waals surface area contributed by atoms with Crippen molar-refractivity contribution in [3.8, 4) is 16.9 Å². The number of rotatable bonds is 4. The van der Waals surface area contributed by atoms with Gasteiger partial charge >= 0.3 is 6.36 Å². The average molecular weight is 410 g/mol. The summed E-state index contributed by atoms with van der Waals surface area (Å²) < 4.78 is 43.0. The number of hydrogen-bond acceptors (Lipinski definition) is 3. The van der Waals surface area contributed by atoms with Gasteiger partial charge in [-0.1, -0.05) is 48.5 Å². The summed E-state index contributed by atoms with van der Waals surface area (Å²) in [6, 6.07) is 20.6. The van der Waals surface area contributed by atoms with Gasteiger partial charge in [-0.3, -0.25) is 4.79 Å². The summed E-state index contributed by atoms with van der Waals surface area (Å²) in [6.45, 7) is 0. The summed E-state index contributed by atoms with van der Waals surface area (Å²) in [6.07, 6.45) is -4.34. The van der Waals surface area contributed by atoms with Gasteiger partial charge in [-0.15, -0.1) is 13.2 Å². The van der Waals surface area contributed by atoms with Crippen LogP contribution in [0.25, 0.3) is 22.2 Å². The van der Waals surface area contributed by atoms with E-state index in [9.17, 15) is 18.0 Å². The Morgan fingerprint density at radius 2 is 1.67 bits per heavy atom. The lowest BCUT2D eigenvalue weighted by molar-refractivity contribution is -0.274. The first kappa shape index (κ1) is 19.7. The van der Waals surface area contributed by atoms with Crippen LogP contribution in [0.5, 0.6) is 5.75 Å². The maximum absolute atomic E-state index is 12.8. The third kappa shape index (κ3) is 4.20. The zero-order valence-electron chi connectivity index (χ0n) is 16.0. The molecule has 30 heavy (non-hydrogen) atoms. The first-order chi connectivity index (χ1) is 14.3. The highest BCUT2D eigenvalue weighted by molar-refractivity contribution is 5.82. The minimum Gasteiger partial charge on any atom is -0.406 e. The Kier molecular flexibility index (Phi) is 5.03. The normalized spacial score (nSPS) is 11.6. The Morgan fingerprint density at radius 3 is 2.40 bits per heavy atom. The Bertz CT molecular complexity index is 1270. The highest BCUT2D eigenvalue weighted by atomic mass is 19.4. The smallest absolute Gasteiger partial charge is 0.406 e. The van der Waals surface area contributed by atoms with Crippen molar-refractivity contribution in [3.05, 3.63) is 94.4 Å². The Hall–Kier alpha value is -3.61. The number of aryl methyl sites for hydroxylation is 1. The molecule has 3 aromatic carbocycles. The highest BCUT2D eigenvalue weighted by Gasteiger charge is 2.31. The number of benzene rings is 3. The first-order valence-corrected chi connectivity index (χ1v) is 9.20. The number of ether oxygens (including phenoxy) is 1. The van der Waals surface area contributed by atoms with Crippen LogP contribution in [0.2, 0.25) is 0 Å². The van der Waals surface area contributed by atoms with Crippen molar-refractivity contribution in [1.29, 1.82) is 0 Å². The topological polar surface area (TPSA) is 44.1 Å². The van der Waals surface area contributed by atoms with Gasteiger partial charge in [0.1, 0.15) is 11.4 Å². The number of halogens is 3. The molecule has 0 spiro atoms. The van der Waals surface area contributed by atoms with Crippen molar-refractivity contribution >= 4 is 11.0 Å². The number of alkyl halides is 3. The van der Waals surface area contributed by atoms with Crippen LogP contribution in [-0.2, 0) is 13.5 Å². The van der Waals surface area contributed by atoms with Gasteiger partial charge in [-0.25, -0.2) is 4.98 Å². The minimum atomic E-state index is -4.76. The summed E-state index contributed by atoms with van der Waals surface area (Å²) in [7, 11) is 1.66. The molecule has 0 aliphatic carbocycles. The predicted molar refractivity (Wildman–Crippen MR) is 108 cm³/mol. The molecule has 0 amide bonds. The second-order valence-electron chi connectivity index (χ2n) is 6.86. The molecule has 4 nitrogen and oxygen atoms in total. The van der Waals surface area contributed by atoms with Crippen molar-refractivity contribution in [2.24, 2.45) is 7.05 Å². The molecule has 4 aromatic rings. The molecule has 152 valence electrons. The average Bonchev–Trinajstić information content (AvgIpc) is 2.71. The van der Waals surface area contributed by atoms with Crippen molar-refractivity contribution in [3.63, 3.8) is 0 Å². The fraction of sp³-hybridized carbons (Fsp3) is 0.130. The van der Waals surface area contributed by atoms with E-state index in [2.05, 4.69) is 9.72 Å². The second-order valence-corrected chi connectivity index (χ2v) is 6.86. The SMILES string of the molecule is Cn1c(=O)c(Cc2ccccc2)nc2ccc(-c3cccc(OC(F)(F)F)c3)cc21. The molecule has 0 bridgehead atoms. The summed E-state index contributed by atoms with van der Waals surface area (Å²) >= 11 is 0. The van der Waals surface area contributed by atoms with E-state index in [1.54, 1.807) is 31.3 Å². The van der Waals surface area contributed by atoms with Crippen LogP contribution in [0.15, 0.2) is 77.6 Å². The molecule has 1 aromatic heterocycles. The lowest BCUT2D eigenvalue weighted by Crippen LogP contribution is -2.23. The van der Waals surface area contributed by atoms with Crippen molar-refractivity contribution in [1.82, 2.24) is 9.55 Å². The molecule has 7 heteroatoms. The van der Waals surface area contributed by atoms with E-state index in [1.807, 2.05) is 30.3 Å². The van der Waals surface area contributed by atoms with E-state index < -0.39 is 6.36 Å². The van der Waals surface area contributed by atoms with Gasteiger partial charge in [-0.05, 0) is 41.0 Å². The van der Waals surface area contributed by atoms with Crippen molar-refractivity contribution < 1.29 is 17.9 Å². The van der Waals surface area contributed by atoms with Gasteiger partial charge in [0.25, 0.3) is 5.56 Å². The van der Waals surface area contributed by atoms with Crippen LogP contribution < -0.4 is 10.3 Å². The zero-order valence-corrected chi connectivity index (χ0v) is 16.0. The fourth-order valence-electron chi connectivity index (χ4n) is 3.34. The quantitative estimate of drug-likeness (QED) is 0.471. The molecule has 1 heterocycles. The van der Waals surface area contributed by atoms with E-state index >= 15 is 0 Å². The second kappa shape index (κ2) is 7.67. The van der Waals surface area contributed by atoms with E-state index in [0.29, 0.717) is 34.3 Å². The Balaban J connectivity index is 1.73. The van der Waals surface area contributed by atoms with Crippen molar-refractivity contribution in [2.45, 2.75) is 12.8 Å². The molecule has 0 unspecified atom stereocenters. The zero-order chi connectivity index (χ0) is 21.3. The van der Waals surface area contributed by atoms with E-state index in [0.717, 1.165) is 5.56 Å².